The van der Waals surface area contributed by atoms with Gasteiger partial charge in [0.05, 0.1) is 11.3 Å². The van der Waals surface area contributed by atoms with Crippen LogP contribution in [0, 0.1) is 0 Å². The molecule has 0 aliphatic carbocycles. The van der Waals surface area contributed by atoms with Crippen LogP contribution in [0.1, 0.15) is 10.4 Å². The summed E-state index contributed by atoms with van der Waals surface area (Å²) in [5.41, 5.74) is 1.01. The van der Waals surface area contributed by atoms with Gasteiger partial charge in [-0.15, -0.1) is 12.4 Å². The molecular weight excluding hydrogens is 216 g/mol. The quantitative estimate of drug-likeness (QED) is 0.849. The van der Waals surface area contributed by atoms with E-state index < -0.39 is 5.97 Å². The summed E-state index contributed by atoms with van der Waals surface area (Å²) in [4.78, 5) is 10.7. The van der Waals surface area contributed by atoms with Crippen molar-refractivity contribution in [1.29, 1.82) is 0 Å². The normalized spacial score (nSPS) is 9.33. The molecule has 1 aromatic heterocycles. The number of hydrogen-bond donors (Lipinski definition) is 1. The van der Waals surface area contributed by atoms with Gasteiger partial charge in [0.15, 0.2) is 0 Å². The van der Waals surface area contributed by atoms with Crippen LogP contribution in [0.5, 0.6) is 0 Å². The molecule has 0 radical (unpaired) electrons. The number of aromatic carboxylic acids is 1. The van der Waals surface area contributed by atoms with Crippen molar-refractivity contribution in [1.82, 2.24) is 9.78 Å². The number of hydrogen-bond acceptors (Lipinski definition) is 2. The highest BCUT2D eigenvalue weighted by atomic mass is 35.5. The summed E-state index contributed by atoms with van der Waals surface area (Å²) < 4.78 is 1.62. The van der Waals surface area contributed by atoms with Crippen LogP contribution in [-0.4, -0.2) is 20.9 Å². The van der Waals surface area contributed by atoms with Crippen LogP contribution in [0.3, 0.4) is 0 Å². The average molecular weight is 225 g/mol. The number of rotatable bonds is 2. The lowest BCUT2D eigenvalue weighted by Crippen LogP contribution is -1.99. The predicted molar refractivity (Wildman–Crippen MR) is 57.8 cm³/mol. The standard InChI is InChI=1S/C10H8N2O2.ClH/c13-10(14)8-3-1-4-9(7-8)12-6-2-5-11-12;/h1-7H,(H,13,14);1H. The molecule has 0 saturated carbocycles. The Balaban J connectivity index is 0.00000112. The van der Waals surface area contributed by atoms with E-state index in [0.717, 1.165) is 5.69 Å². The Morgan fingerprint density at radius 2 is 2.13 bits per heavy atom. The SMILES string of the molecule is Cl.O=C(O)c1cccc(-n2cccn2)c1. The average Bonchev–Trinajstić information content (AvgIpc) is 2.71. The highest BCUT2D eigenvalue weighted by molar-refractivity contribution is 5.88. The number of carboxylic acid groups (broad SMARTS) is 1. The molecule has 15 heavy (non-hydrogen) atoms. The van der Waals surface area contributed by atoms with Crippen molar-refractivity contribution in [2.45, 2.75) is 0 Å². The van der Waals surface area contributed by atoms with Crippen LogP contribution in [0.25, 0.3) is 5.69 Å². The molecule has 0 spiro atoms. The van der Waals surface area contributed by atoms with Crippen LogP contribution < -0.4 is 0 Å². The number of nitrogens with zero attached hydrogens (tertiary/aromatic N) is 2. The van der Waals surface area contributed by atoms with Gasteiger partial charge in [0.1, 0.15) is 0 Å². The summed E-state index contributed by atoms with van der Waals surface area (Å²) in [7, 11) is 0. The maximum absolute atomic E-state index is 10.7. The lowest BCUT2D eigenvalue weighted by atomic mass is 10.2. The minimum absolute atomic E-state index is 0. The van der Waals surface area contributed by atoms with E-state index in [1.165, 1.54) is 0 Å². The number of carboxylic acids is 1. The molecule has 0 atom stereocenters. The zero-order valence-corrected chi connectivity index (χ0v) is 8.52. The summed E-state index contributed by atoms with van der Waals surface area (Å²) in [6.07, 6.45) is 3.41. The van der Waals surface area contributed by atoms with Gasteiger partial charge in [-0.3, -0.25) is 0 Å². The second-order valence-corrected chi connectivity index (χ2v) is 2.81. The Bertz CT molecular complexity index is 454. The Labute approximate surface area is 92.6 Å². The van der Waals surface area contributed by atoms with Gasteiger partial charge in [-0.05, 0) is 24.3 Å². The van der Waals surface area contributed by atoms with E-state index in [4.69, 9.17) is 5.11 Å². The van der Waals surface area contributed by atoms with Gasteiger partial charge in [0.2, 0.25) is 0 Å². The number of halogens is 1. The van der Waals surface area contributed by atoms with Crippen molar-refractivity contribution in [2.75, 3.05) is 0 Å². The van der Waals surface area contributed by atoms with Gasteiger partial charge in [0, 0.05) is 12.4 Å². The van der Waals surface area contributed by atoms with Crippen LogP contribution in [0.15, 0.2) is 42.7 Å². The Hall–Kier alpha value is -1.81. The van der Waals surface area contributed by atoms with Gasteiger partial charge in [-0.25, -0.2) is 9.48 Å². The molecule has 0 saturated heterocycles. The van der Waals surface area contributed by atoms with Crippen molar-refractivity contribution in [2.24, 2.45) is 0 Å². The molecule has 2 aromatic rings. The summed E-state index contributed by atoms with van der Waals surface area (Å²) in [5.74, 6) is -0.931. The fraction of sp³-hybridized carbons (Fsp3) is 0. The van der Waals surface area contributed by atoms with Crippen molar-refractivity contribution < 1.29 is 9.90 Å². The monoisotopic (exact) mass is 224 g/mol. The third-order valence-electron chi connectivity index (χ3n) is 1.86. The largest absolute Gasteiger partial charge is 0.478 e. The molecule has 78 valence electrons. The van der Waals surface area contributed by atoms with Gasteiger partial charge in [-0.1, -0.05) is 6.07 Å². The molecule has 0 aliphatic heterocycles. The minimum atomic E-state index is -0.931. The molecule has 0 unspecified atom stereocenters. The fourth-order valence-corrected chi connectivity index (χ4v) is 1.20. The fourth-order valence-electron chi connectivity index (χ4n) is 1.20. The first-order chi connectivity index (χ1) is 6.77. The van der Waals surface area contributed by atoms with E-state index in [0.29, 0.717) is 0 Å². The molecule has 0 bridgehead atoms. The summed E-state index contributed by atoms with van der Waals surface area (Å²) in [6.45, 7) is 0. The van der Waals surface area contributed by atoms with Crippen molar-refractivity contribution in [3.05, 3.63) is 48.3 Å². The van der Waals surface area contributed by atoms with Crippen molar-refractivity contribution in [3.8, 4) is 5.69 Å². The molecule has 1 N–H and O–H groups in total. The molecular formula is C10H9ClN2O2. The van der Waals surface area contributed by atoms with E-state index in [9.17, 15) is 4.79 Å². The van der Waals surface area contributed by atoms with E-state index in [2.05, 4.69) is 5.10 Å². The van der Waals surface area contributed by atoms with Crippen LogP contribution in [0.4, 0.5) is 0 Å². The van der Waals surface area contributed by atoms with Gasteiger partial charge in [0.25, 0.3) is 0 Å². The third-order valence-corrected chi connectivity index (χ3v) is 1.86. The highest BCUT2D eigenvalue weighted by Gasteiger charge is 2.03. The van der Waals surface area contributed by atoms with E-state index in [-0.39, 0.29) is 18.0 Å². The maximum atomic E-state index is 10.7. The smallest absolute Gasteiger partial charge is 0.335 e. The van der Waals surface area contributed by atoms with E-state index in [1.807, 2.05) is 0 Å². The highest BCUT2D eigenvalue weighted by Crippen LogP contribution is 2.09. The second-order valence-electron chi connectivity index (χ2n) is 2.81. The van der Waals surface area contributed by atoms with Crippen LogP contribution in [-0.2, 0) is 0 Å². The lowest BCUT2D eigenvalue weighted by Gasteiger charge is -2.01. The zero-order chi connectivity index (χ0) is 9.97. The molecule has 0 fully saturated rings. The van der Waals surface area contributed by atoms with Gasteiger partial charge >= 0.3 is 5.97 Å². The molecule has 5 heteroatoms. The summed E-state index contributed by atoms with van der Waals surface area (Å²) >= 11 is 0. The predicted octanol–water partition coefficient (Wildman–Crippen LogP) is 1.99. The number of benzene rings is 1. The Morgan fingerprint density at radius 1 is 1.33 bits per heavy atom. The number of carbonyl (C=O) groups is 1. The molecule has 1 aromatic carbocycles. The Kier molecular flexibility index (Phi) is 3.46. The molecule has 0 amide bonds. The summed E-state index contributed by atoms with van der Waals surface area (Å²) in [6, 6.07) is 8.41. The van der Waals surface area contributed by atoms with Crippen molar-refractivity contribution in [3.63, 3.8) is 0 Å². The zero-order valence-electron chi connectivity index (χ0n) is 7.70. The van der Waals surface area contributed by atoms with Crippen molar-refractivity contribution >= 4 is 18.4 Å². The van der Waals surface area contributed by atoms with Crippen LogP contribution in [0.2, 0.25) is 0 Å². The van der Waals surface area contributed by atoms with Crippen LogP contribution >= 0.6 is 12.4 Å². The minimum Gasteiger partial charge on any atom is -0.478 e. The first kappa shape index (κ1) is 11.3. The topological polar surface area (TPSA) is 55.1 Å². The molecule has 1 heterocycles. The Morgan fingerprint density at radius 3 is 2.73 bits per heavy atom. The molecule has 2 rings (SSSR count). The maximum Gasteiger partial charge on any atom is 0.335 e. The third kappa shape index (κ3) is 2.35. The molecule has 0 aliphatic rings. The number of aromatic nitrogens is 2. The second kappa shape index (κ2) is 4.61. The molecule has 4 nitrogen and oxygen atoms in total. The van der Waals surface area contributed by atoms with Gasteiger partial charge in [-0.2, -0.15) is 5.10 Å². The first-order valence-corrected chi connectivity index (χ1v) is 4.11. The summed E-state index contributed by atoms with van der Waals surface area (Å²) in [5, 5.41) is 12.8. The lowest BCUT2D eigenvalue weighted by molar-refractivity contribution is 0.0697. The van der Waals surface area contributed by atoms with E-state index in [1.54, 1.807) is 47.4 Å². The van der Waals surface area contributed by atoms with Gasteiger partial charge < -0.3 is 5.11 Å². The first-order valence-electron chi connectivity index (χ1n) is 4.11. The van der Waals surface area contributed by atoms with E-state index >= 15 is 0 Å².